The number of thioether (sulfide) groups is 1. The molecular weight excluding hydrogens is 186 g/mol. The third-order valence-corrected chi connectivity index (χ3v) is 2.61. The van der Waals surface area contributed by atoms with Gasteiger partial charge in [0.25, 0.3) is 0 Å². The van der Waals surface area contributed by atoms with Crippen molar-refractivity contribution in [2.24, 2.45) is 0 Å². The van der Waals surface area contributed by atoms with Gasteiger partial charge in [0, 0.05) is 18.5 Å². The zero-order valence-corrected chi connectivity index (χ0v) is 8.38. The van der Waals surface area contributed by atoms with Crippen molar-refractivity contribution in [1.82, 2.24) is 4.57 Å². The van der Waals surface area contributed by atoms with Crippen molar-refractivity contribution in [3.63, 3.8) is 0 Å². The van der Waals surface area contributed by atoms with Crippen LogP contribution in [-0.2, 0) is 6.54 Å². The van der Waals surface area contributed by atoms with Crippen molar-refractivity contribution in [2.75, 3.05) is 11.5 Å². The monoisotopic (exact) mass is 199 g/mol. The summed E-state index contributed by atoms with van der Waals surface area (Å²) in [6.07, 6.45) is 1.81. The molecule has 0 bridgehead atoms. The topological polar surface area (TPSA) is 42.2 Å². The van der Waals surface area contributed by atoms with Gasteiger partial charge in [-0.05, 0) is 17.9 Å². The van der Waals surface area contributed by atoms with Gasteiger partial charge in [0.2, 0.25) is 0 Å². The van der Waals surface area contributed by atoms with E-state index in [9.17, 15) is 4.79 Å². The lowest BCUT2D eigenvalue weighted by molar-refractivity contribution is 0.0685. The molecule has 0 saturated carbocycles. The van der Waals surface area contributed by atoms with E-state index in [4.69, 9.17) is 5.11 Å². The van der Waals surface area contributed by atoms with Gasteiger partial charge in [-0.3, -0.25) is 0 Å². The van der Waals surface area contributed by atoms with E-state index < -0.39 is 5.97 Å². The Morgan fingerprint density at radius 3 is 3.08 bits per heavy atom. The van der Waals surface area contributed by atoms with Gasteiger partial charge in [-0.1, -0.05) is 6.92 Å². The fraction of sp³-hybridized carbons (Fsp3) is 0.444. The lowest BCUT2D eigenvalue weighted by Gasteiger charge is -2.04. The minimum atomic E-state index is -0.855. The van der Waals surface area contributed by atoms with Crippen molar-refractivity contribution >= 4 is 17.7 Å². The third-order valence-electron chi connectivity index (χ3n) is 1.73. The normalized spacial score (nSPS) is 10.2. The van der Waals surface area contributed by atoms with E-state index in [0.29, 0.717) is 5.69 Å². The molecule has 0 saturated heterocycles. The van der Waals surface area contributed by atoms with Gasteiger partial charge in [0.05, 0.1) is 0 Å². The predicted molar refractivity (Wildman–Crippen MR) is 54.4 cm³/mol. The molecule has 0 unspecified atom stereocenters. The van der Waals surface area contributed by atoms with Crippen LogP contribution >= 0.6 is 11.8 Å². The molecule has 0 aliphatic carbocycles. The molecule has 0 radical (unpaired) electrons. The number of carboxylic acids is 1. The Labute approximate surface area is 81.8 Å². The van der Waals surface area contributed by atoms with E-state index in [1.165, 1.54) is 0 Å². The highest BCUT2D eigenvalue weighted by Gasteiger charge is 2.07. The van der Waals surface area contributed by atoms with Gasteiger partial charge in [0.15, 0.2) is 0 Å². The van der Waals surface area contributed by atoms with Crippen molar-refractivity contribution in [1.29, 1.82) is 0 Å². The highest BCUT2D eigenvalue weighted by atomic mass is 32.2. The largest absolute Gasteiger partial charge is 0.477 e. The van der Waals surface area contributed by atoms with Gasteiger partial charge in [0.1, 0.15) is 5.69 Å². The highest BCUT2D eigenvalue weighted by Crippen LogP contribution is 2.05. The van der Waals surface area contributed by atoms with Crippen LogP contribution in [0.25, 0.3) is 0 Å². The molecule has 1 aromatic heterocycles. The van der Waals surface area contributed by atoms with Crippen molar-refractivity contribution in [3.05, 3.63) is 24.0 Å². The van der Waals surface area contributed by atoms with E-state index >= 15 is 0 Å². The van der Waals surface area contributed by atoms with Gasteiger partial charge >= 0.3 is 5.97 Å². The molecule has 0 aromatic carbocycles. The maximum absolute atomic E-state index is 10.7. The summed E-state index contributed by atoms with van der Waals surface area (Å²) in [5.41, 5.74) is 0.372. The summed E-state index contributed by atoms with van der Waals surface area (Å²) >= 11 is 1.81. The SMILES string of the molecule is CCSCCn1cccc1C(=O)O. The predicted octanol–water partition coefficient (Wildman–Crippen LogP) is 1.94. The number of aromatic carboxylic acids is 1. The van der Waals surface area contributed by atoms with E-state index in [-0.39, 0.29) is 0 Å². The van der Waals surface area contributed by atoms with Crippen molar-refractivity contribution < 1.29 is 9.90 Å². The van der Waals surface area contributed by atoms with E-state index in [2.05, 4.69) is 6.92 Å². The smallest absolute Gasteiger partial charge is 0.352 e. The molecule has 72 valence electrons. The number of carbonyl (C=O) groups is 1. The van der Waals surface area contributed by atoms with Gasteiger partial charge in [-0.25, -0.2) is 4.79 Å². The summed E-state index contributed by atoms with van der Waals surface area (Å²) in [6.45, 7) is 2.87. The summed E-state index contributed by atoms with van der Waals surface area (Å²) in [5, 5.41) is 8.78. The molecule has 1 N–H and O–H groups in total. The molecule has 0 spiro atoms. The standard InChI is InChI=1S/C9H13NO2S/c1-2-13-7-6-10-5-3-4-8(10)9(11)12/h3-5H,2,6-7H2,1H3,(H,11,12). The summed E-state index contributed by atoms with van der Waals surface area (Å²) in [6, 6.07) is 3.39. The van der Waals surface area contributed by atoms with Gasteiger partial charge in [-0.2, -0.15) is 11.8 Å². The van der Waals surface area contributed by atoms with Crippen LogP contribution in [-0.4, -0.2) is 27.1 Å². The second kappa shape index (κ2) is 4.97. The van der Waals surface area contributed by atoms with Crippen molar-refractivity contribution in [2.45, 2.75) is 13.5 Å². The molecule has 0 atom stereocenters. The Morgan fingerprint density at radius 1 is 1.69 bits per heavy atom. The molecule has 1 aromatic rings. The average Bonchev–Trinajstić information content (AvgIpc) is 2.53. The molecule has 0 aliphatic heterocycles. The first-order valence-corrected chi connectivity index (χ1v) is 5.37. The van der Waals surface area contributed by atoms with E-state index in [1.807, 2.05) is 11.8 Å². The second-order valence-corrected chi connectivity index (χ2v) is 3.98. The number of hydrogen-bond acceptors (Lipinski definition) is 2. The minimum absolute atomic E-state index is 0.372. The molecule has 13 heavy (non-hydrogen) atoms. The maximum atomic E-state index is 10.7. The first-order valence-electron chi connectivity index (χ1n) is 4.22. The lowest BCUT2D eigenvalue weighted by atomic mass is 10.4. The Balaban J connectivity index is 2.55. The average molecular weight is 199 g/mol. The summed E-state index contributed by atoms with van der Waals surface area (Å²) in [7, 11) is 0. The number of rotatable bonds is 5. The number of hydrogen-bond donors (Lipinski definition) is 1. The van der Waals surface area contributed by atoms with Crippen LogP contribution in [0.2, 0.25) is 0 Å². The Kier molecular flexibility index (Phi) is 3.89. The lowest BCUT2D eigenvalue weighted by Crippen LogP contribution is -2.08. The van der Waals surface area contributed by atoms with Crippen molar-refractivity contribution in [3.8, 4) is 0 Å². The Hall–Kier alpha value is -0.900. The number of carboxylic acid groups (broad SMARTS) is 1. The molecular formula is C9H13NO2S. The summed E-state index contributed by atoms with van der Waals surface area (Å²) < 4.78 is 1.77. The first kappa shape index (κ1) is 10.2. The van der Waals surface area contributed by atoms with Crippen LogP contribution in [0.5, 0.6) is 0 Å². The second-order valence-electron chi connectivity index (χ2n) is 2.59. The molecule has 1 heterocycles. The third kappa shape index (κ3) is 2.81. The first-order chi connectivity index (χ1) is 6.25. The highest BCUT2D eigenvalue weighted by molar-refractivity contribution is 7.99. The molecule has 0 aliphatic rings. The minimum Gasteiger partial charge on any atom is -0.477 e. The zero-order chi connectivity index (χ0) is 9.68. The van der Waals surface area contributed by atoms with Gasteiger partial charge in [-0.15, -0.1) is 0 Å². The molecule has 0 fully saturated rings. The zero-order valence-electron chi connectivity index (χ0n) is 7.56. The Bertz CT molecular complexity index is 283. The molecule has 0 amide bonds. The van der Waals surface area contributed by atoms with E-state index in [1.54, 1.807) is 22.9 Å². The maximum Gasteiger partial charge on any atom is 0.352 e. The quantitative estimate of drug-likeness (QED) is 0.737. The summed E-state index contributed by atoms with van der Waals surface area (Å²) in [5.74, 6) is 1.18. The van der Waals surface area contributed by atoms with Crippen LogP contribution in [0.3, 0.4) is 0 Å². The van der Waals surface area contributed by atoms with Gasteiger partial charge < -0.3 is 9.67 Å². The van der Waals surface area contributed by atoms with Crippen LogP contribution < -0.4 is 0 Å². The van der Waals surface area contributed by atoms with Crippen LogP contribution in [0.1, 0.15) is 17.4 Å². The molecule has 1 rings (SSSR count). The Morgan fingerprint density at radius 2 is 2.46 bits per heavy atom. The number of nitrogens with zero attached hydrogens (tertiary/aromatic N) is 1. The van der Waals surface area contributed by atoms with E-state index in [0.717, 1.165) is 18.1 Å². The number of aryl methyl sites for hydroxylation is 1. The fourth-order valence-electron chi connectivity index (χ4n) is 1.11. The molecule has 4 heteroatoms. The number of aromatic nitrogens is 1. The summed E-state index contributed by atoms with van der Waals surface area (Å²) in [4.78, 5) is 10.7. The fourth-order valence-corrected chi connectivity index (χ4v) is 1.72. The molecule has 3 nitrogen and oxygen atoms in total. The van der Waals surface area contributed by atoms with Crippen LogP contribution in [0.4, 0.5) is 0 Å². The van der Waals surface area contributed by atoms with Crippen LogP contribution in [0, 0.1) is 0 Å². The van der Waals surface area contributed by atoms with Crippen LogP contribution in [0.15, 0.2) is 18.3 Å².